The first kappa shape index (κ1) is 18.2. The molecule has 2 aromatic rings. The lowest BCUT2D eigenvalue weighted by atomic mass is 10.1. The summed E-state index contributed by atoms with van der Waals surface area (Å²) in [6, 6.07) is 15.1. The van der Waals surface area contributed by atoms with Crippen LogP contribution >= 0.6 is 11.8 Å². The quantitative estimate of drug-likeness (QED) is 0.599. The van der Waals surface area contributed by atoms with Crippen LogP contribution in [0.25, 0.3) is 0 Å². The molecule has 134 valence electrons. The Labute approximate surface area is 156 Å². The summed E-state index contributed by atoms with van der Waals surface area (Å²) >= 11 is 1.79. The normalized spacial score (nSPS) is 13.0. The zero-order chi connectivity index (χ0) is 18.5. The van der Waals surface area contributed by atoms with Gasteiger partial charge in [-0.3, -0.25) is 19.3 Å². The molecule has 0 radical (unpaired) electrons. The number of rotatable bonds is 7. The van der Waals surface area contributed by atoms with Gasteiger partial charge in [0.05, 0.1) is 16.8 Å². The van der Waals surface area contributed by atoms with Crippen LogP contribution in [0.1, 0.15) is 39.1 Å². The average molecular weight is 368 g/mol. The molecule has 1 aliphatic heterocycles. The molecule has 0 atom stereocenters. The fraction of sp³-hybridized carbons (Fsp3) is 0.250. The Morgan fingerprint density at radius 1 is 1.04 bits per heavy atom. The zero-order valence-corrected chi connectivity index (χ0v) is 15.3. The number of hydrogen-bond acceptors (Lipinski definition) is 4. The number of hydrogen-bond donors (Lipinski definition) is 1. The number of fused-ring (bicyclic) bond motifs is 1. The molecule has 6 heteroatoms. The minimum atomic E-state index is -0.376. The maximum Gasteiger partial charge on any atom is 0.263 e. The van der Waals surface area contributed by atoms with E-state index in [1.165, 1.54) is 12.6 Å². The lowest BCUT2D eigenvalue weighted by molar-refractivity contribution is -0.116. The van der Waals surface area contributed by atoms with Crippen LogP contribution < -0.4 is 5.32 Å². The van der Waals surface area contributed by atoms with Crippen LogP contribution in [0.5, 0.6) is 0 Å². The largest absolute Gasteiger partial charge is 0.325 e. The van der Waals surface area contributed by atoms with Gasteiger partial charge in [0.1, 0.15) is 0 Å². The summed E-state index contributed by atoms with van der Waals surface area (Å²) in [7, 11) is 1.44. The van der Waals surface area contributed by atoms with Gasteiger partial charge in [0.2, 0.25) is 5.91 Å². The van der Waals surface area contributed by atoms with Crippen LogP contribution in [0.3, 0.4) is 0 Å². The molecule has 0 saturated heterocycles. The molecule has 2 aromatic carbocycles. The molecule has 3 amide bonds. The number of carbonyl (C=O) groups is 3. The van der Waals surface area contributed by atoms with Crippen molar-refractivity contribution in [3.63, 3.8) is 0 Å². The van der Waals surface area contributed by atoms with Gasteiger partial charge in [0, 0.05) is 19.2 Å². The molecule has 3 rings (SSSR count). The highest BCUT2D eigenvalue weighted by atomic mass is 32.2. The maximum atomic E-state index is 12.2. The number of nitrogens with one attached hydrogen (secondary N) is 1. The molecule has 1 heterocycles. The SMILES string of the molecule is CN1C(=O)c2cccc(NC(=O)CCCSCc3ccccc3)c2C1=O. The van der Waals surface area contributed by atoms with Crippen molar-refractivity contribution in [2.45, 2.75) is 18.6 Å². The second-order valence-electron chi connectivity index (χ2n) is 6.09. The third-order valence-corrected chi connectivity index (χ3v) is 5.31. The first-order valence-electron chi connectivity index (χ1n) is 8.45. The zero-order valence-electron chi connectivity index (χ0n) is 14.5. The van der Waals surface area contributed by atoms with Gasteiger partial charge in [0.15, 0.2) is 0 Å². The van der Waals surface area contributed by atoms with E-state index in [-0.39, 0.29) is 23.3 Å². The van der Waals surface area contributed by atoms with E-state index >= 15 is 0 Å². The van der Waals surface area contributed by atoms with Crippen LogP contribution in [0, 0.1) is 0 Å². The Balaban J connectivity index is 1.49. The molecule has 1 N–H and O–H groups in total. The number of anilines is 1. The predicted octanol–water partition coefficient (Wildman–Crippen LogP) is 3.56. The second-order valence-corrected chi connectivity index (χ2v) is 7.19. The topological polar surface area (TPSA) is 66.5 Å². The Kier molecular flexibility index (Phi) is 5.73. The van der Waals surface area contributed by atoms with Gasteiger partial charge >= 0.3 is 0 Å². The van der Waals surface area contributed by atoms with E-state index < -0.39 is 0 Å². The van der Waals surface area contributed by atoms with Crippen molar-refractivity contribution in [2.75, 3.05) is 18.1 Å². The van der Waals surface area contributed by atoms with Gasteiger partial charge in [-0.25, -0.2) is 0 Å². The van der Waals surface area contributed by atoms with Crippen molar-refractivity contribution in [2.24, 2.45) is 0 Å². The van der Waals surface area contributed by atoms with Gasteiger partial charge < -0.3 is 5.32 Å². The van der Waals surface area contributed by atoms with E-state index in [0.29, 0.717) is 17.7 Å². The lowest BCUT2D eigenvalue weighted by Crippen LogP contribution is -2.24. The van der Waals surface area contributed by atoms with Crippen molar-refractivity contribution in [1.82, 2.24) is 4.90 Å². The van der Waals surface area contributed by atoms with E-state index in [1.54, 1.807) is 30.0 Å². The van der Waals surface area contributed by atoms with Gasteiger partial charge in [-0.2, -0.15) is 11.8 Å². The molecule has 0 aliphatic carbocycles. The van der Waals surface area contributed by atoms with Crippen molar-refractivity contribution < 1.29 is 14.4 Å². The van der Waals surface area contributed by atoms with Gasteiger partial charge in [-0.1, -0.05) is 36.4 Å². The summed E-state index contributed by atoms with van der Waals surface area (Å²) in [6.45, 7) is 0. The molecule has 1 aliphatic rings. The summed E-state index contributed by atoms with van der Waals surface area (Å²) in [5, 5.41) is 2.77. The van der Waals surface area contributed by atoms with Crippen LogP contribution in [-0.2, 0) is 10.5 Å². The number of nitrogens with zero attached hydrogens (tertiary/aromatic N) is 1. The fourth-order valence-corrected chi connectivity index (χ4v) is 3.74. The number of imide groups is 1. The molecular weight excluding hydrogens is 348 g/mol. The summed E-state index contributed by atoms with van der Waals surface area (Å²) in [5.41, 5.74) is 2.31. The highest BCUT2D eigenvalue weighted by Gasteiger charge is 2.35. The van der Waals surface area contributed by atoms with Gasteiger partial charge in [0.25, 0.3) is 11.8 Å². The summed E-state index contributed by atoms with van der Waals surface area (Å²) in [5.74, 6) is 0.957. The summed E-state index contributed by atoms with van der Waals surface area (Å²) in [4.78, 5) is 37.4. The van der Waals surface area contributed by atoms with E-state index in [4.69, 9.17) is 0 Å². The van der Waals surface area contributed by atoms with Gasteiger partial charge in [-0.15, -0.1) is 0 Å². The average Bonchev–Trinajstić information content (AvgIpc) is 2.87. The predicted molar refractivity (Wildman–Crippen MR) is 103 cm³/mol. The molecule has 0 saturated carbocycles. The van der Waals surface area contributed by atoms with Crippen molar-refractivity contribution in [3.8, 4) is 0 Å². The van der Waals surface area contributed by atoms with Crippen molar-refractivity contribution in [1.29, 1.82) is 0 Å². The van der Waals surface area contributed by atoms with Crippen LogP contribution in [0.15, 0.2) is 48.5 Å². The third kappa shape index (κ3) is 3.96. The standard InChI is InChI=1S/C20H20N2O3S/c1-22-19(24)15-9-5-10-16(18(15)20(22)25)21-17(23)11-6-12-26-13-14-7-3-2-4-8-14/h2-5,7-10H,6,11-13H2,1H3,(H,21,23). The molecule has 26 heavy (non-hydrogen) atoms. The van der Waals surface area contributed by atoms with E-state index in [1.807, 2.05) is 18.2 Å². The summed E-state index contributed by atoms with van der Waals surface area (Å²) < 4.78 is 0. The first-order valence-corrected chi connectivity index (χ1v) is 9.60. The minimum Gasteiger partial charge on any atom is -0.325 e. The monoisotopic (exact) mass is 368 g/mol. The molecule has 0 fully saturated rings. The molecular formula is C20H20N2O3S. The Bertz CT molecular complexity index is 836. The van der Waals surface area contributed by atoms with E-state index in [9.17, 15) is 14.4 Å². The van der Waals surface area contributed by atoms with E-state index in [2.05, 4.69) is 17.4 Å². The van der Waals surface area contributed by atoms with Crippen molar-refractivity contribution >= 4 is 35.2 Å². The highest BCUT2D eigenvalue weighted by molar-refractivity contribution is 7.98. The van der Waals surface area contributed by atoms with Crippen LogP contribution in [0.4, 0.5) is 5.69 Å². The molecule has 0 aromatic heterocycles. The Morgan fingerprint density at radius 3 is 2.58 bits per heavy atom. The third-order valence-electron chi connectivity index (χ3n) is 4.20. The molecule has 5 nitrogen and oxygen atoms in total. The van der Waals surface area contributed by atoms with E-state index in [0.717, 1.165) is 22.8 Å². The summed E-state index contributed by atoms with van der Waals surface area (Å²) in [6.07, 6.45) is 1.13. The number of amides is 3. The Hall–Kier alpha value is -2.60. The number of thioether (sulfide) groups is 1. The highest BCUT2D eigenvalue weighted by Crippen LogP contribution is 2.28. The maximum absolute atomic E-state index is 12.2. The lowest BCUT2D eigenvalue weighted by Gasteiger charge is -2.09. The Morgan fingerprint density at radius 2 is 1.81 bits per heavy atom. The van der Waals surface area contributed by atoms with Crippen LogP contribution in [0.2, 0.25) is 0 Å². The minimum absolute atomic E-state index is 0.145. The van der Waals surface area contributed by atoms with Gasteiger partial charge in [-0.05, 0) is 29.9 Å². The first-order chi connectivity index (χ1) is 12.6. The molecule has 0 spiro atoms. The number of benzene rings is 2. The molecule has 0 bridgehead atoms. The second kappa shape index (κ2) is 8.19. The van der Waals surface area contributed by atoms with Crippen molar-refractivity contribution in [3.05, 3.63) is 65.2 Å². The smallest absolute Gasteiger partial charge is 0.263 e. The molecule has 0 unspecified atom stereocenters. The van der Waals surface area contributed by atoms with Crippen LogP contribution in [-0.4, -0.2) is 35.4 Å². The number of carbonyl (C=O) groups excluding carboxylic acids is 3. The fourth-order valence-electron chi connectivity index (χ4n) is 2.82.